The van der Waals surface area contributed by atoms with E-state index in [9.17, 15) is 9.90 Å². The molecule has 6 rings (SSSR count). The number of benzene rings is 2. The van der Waals surface area contributed by atoms with Gasteiger partial charge < -0.3 is 39.7 Å². The van der Waals surface area contributed by atoms with E-state index in [0.29, 0.717) is 75.7 Å². The van der Waals surface area contributed by atoms with E-state index < -0.39 is 11.7 Å². The SMILES string of the molecule is COC(=O)C1(c2cc(Cl)cc(C3OCCO3)c2)CCOCC1.OCC1(c2cc(Cl)cc(C3OCCO3)c2)CCOCC1.[AlH3].[H-].[Li+]. The van der Waals surface area contributed by atoms with Crippen molar-refractivity contribution in [3.63, 3.8) is 0 Å². The molecule has 238 valence electrons. The number of hydrogen-bond donors (Lipinski definition) is 1. The number of esters is 1. The third kappa shape index (κ3) is 8.62. The van der Waals surface area contributed by atoms with Gasteiger partial charge in [0.05, 0.1) is 45.6 Å². The quantitative estimate of drug-likeness (QED) is 0.358. The summed E-state index contributed by atoms with van der Waals surface area (Å²) in [7, 11) is 1.41. The Kier molecular flexibility index (Phi) is 15.0. The van der Waals surface area contributed by atoms with Crippen LogP contribution in [0, 0.1) is 0 Å². The Bertz CT molecular complexity index is 1220. The van der Waals surface area contributed by atoms with E-state index in [1.165, 1.54) is 7.11 Å². The van der Waals surface area contributed by atoms with Gasteiger partial charge in [0.1, 0.15) is 0 Å². The smallest absolute Gasteiger partial charge is 1.00 e. The van der Waals surface area contributed by atoms with Gasteiger partial charge in [-0.15, -0.1) is 0 Å². The summed E-state index contributed by atoms with van der Waals surface area (Å²) in [5.74, 6) is -0.253. The van der Waals surface area contributed by atoms with E-state index >= 15 is 0 Å². The van der Waals surface area contributed by atoms with Crippen LogP contribution in [0.15, 0.2) is 36.4 Å². The maximum atomic E-state index is 12.4. The number of halogens is 2. The number of aliphatic hydroxyl groups excluding tert-OH is 1. The molecule has 4 aliphatic rings. The average Bonchev–Trinajstić information content (AvgIpc) is 3.77. The summed E-state index contributed by atoms with van der Waals surface area (Å²) in [6.45, 7) is 4.79. The fourth-order valence-corrected chi connectivity index (χ4v) is 6.49. The van der Waals surface area contributed by atoms with E-state index in [1.807, 2.05) is 36.4 Å². The number of carbonyl (C=O) groups is 1. The molecule has 4 aliphatic heterocycles. The first kappa shape index (κ1) is 37.8. The van der Waals surface area contributed by atoms with Gasteiger partial charge in [0.2, 0.25) is 0 Å². The van der Waals surface area contributed by atoms with Crippen molar-refractivity contribution in [3.8, 4) is 0 Å². The van der Waals surface area contributed by atoms with E-state index in [0.717, 1.165) is 35.1 Å². The third-order valence-electron chi connectivity index (χ3n) is 8.47. The van der Waals surface area contributed by atoms with Gasteiger partial charge >= 0.3 is 24.8 Å². The molecule has 4 heterocycles. The molecule has 0 spiro atoms. The molecular weight excluding hydrogens is 621 g/mol. The summed E-state index contributed by atoms with van der Waals surface area (Å²) >= 11 is 12.5. The van der Waals surface area contributed by atoms with Crippen molar-refractivity contribution in [2.45, 2.75) is 49.1 Å². The van der Waals surface area contributed by atoms with E-state index in [1.54, 1.807) is 0 Å². The molecule has 0 atom stereocenters. The summed E-state index contributed by atoms with van der Waals surface area (Å²) in [4.78, 5) is 12.4. The van der Waals surface area contributed by atoms with Gasteiger partial charge in [-0.05, 0) is 73.2 Å². The zero-order chi connectivity index (χ0) is 29.6. The Morgan fingerprint density at radius 3 is 1.66 bits per heavy atom. The summed E-state index contributed by atoms with van der Waals surface area (Å²) in [6.07, 6.45) is 1.98. The van der Waals surface area contributed by atoms with Gasteiger partial charge in [-0.25, -0.2) is 0 Å². The Morgan fingerprint density at radius 1 is 0.773 bits per heavy atom. The fraction of sp³-hybridized carbons (Fsp3) is 0.581. The van der Waals surface area contributed by atoms with Crippen molar-refractivity contribution < 1.29 is 63.3 Å². The number of hydrogen-bond acceptors (Lipinski definition) is 9. The molecule has 9 nitrogen and oxygen atoms in total. The first-order valence-electron chi connectivity index (χ1n) is 14.3. The van der Waals surface area contributed by atoms with E-state index in [-0.39, 0.29) is 61.9 Å². The number of carbonyl (C=O) groups excluding carboxylic acids is 1. The van der Waals surface area contributed by atoms with Crippen molar-refractivity contribution in [3.05, 3.63) is 68.7 Å². The number of ether oxygens (including phenoxy) is 7. The molecule has 4 fully saturated rings. The van der Waals surface area contributed by atoms with Crippen LogP contribution in [0.2, 0.25) is 10.0 Å². The second-order valence-corrected chi connectivity index (χ2v) is 11.8. The molecule has 0 bridgehead atoms. The van der Waals surface area contributed by atoms with Gasteiger partial charge in [-0.2, -0.15) is 0 Å². The Balaban J connectivity index is 0.000000295. The van der Waals surface area contributed by atoms with Gasteiger partial charge in [0.15, 0.2) is 29.9 Å². The van der Waals surface area contributed by atoms with Gasteiger partial charge in [0, 0.05) is 53.0 Å². The monoisotopic (exact) mass is 662 g/mol. The van der Waals surface area contributed by atoms with Gasteiger partial charge in [-0.3, -0.25) is 4.79 Å². The van der Waals surface area contributed by atoms with Crippen LogP contribution >= 0.6 is 23.2 Å². The predicted octanol–water partition coefficient (Wildman–Crippen LogP) is 0.965. The molecule has 2 aromatic rings. The van der Waals surface area contributed by atoms with Crippen molar-refractivity contribution in [1.82, 2.24) is 0 Å². The molecule has 0 unspecified atom stereocenters. The van der Waals surface area contributed by atoms with E-state index in [4.69, 9.17) is 56.4 Å². The Morgan fingerprint density at radius 2 is 1.20 bits per heavy atom. The first-order valence-corrected chi connectivity index (χ1v) is 15.1. The maximum absolute atomic E-state index is 12.4. The Labute approximate surface area is 292 Å². The molecule has 44 heavy (non-hydrogen) atoms. The molecule has 0 radical (unpaired) electrons. The van der Waals surface area contributed by atoms with Crippen LogP contribution in [0.5, 0.6) is 0 Å². The van der Waals surface area contributed by atoms with Crippen LogP contribution < -0.4 is 18.9 Å². The maximum Gasteiger partial charge on any atom is 1.00 e. The summed E-state index contributed by atoms with van der Waals surface area (Å²) in [6, 6.07) is 11.4. The van der Waals surface area contributed by atoms with Crippen LogP contribution in [0.25, 0.3) is 0 Å². The van der Waals surface area contributed by atoms with Crippen LogP contribution in [-0.4, -0.2) is 95.0 Å². The molecule has 1 N–H and O–H groups in total. The minimum Gasteiger partial charge on any atom is -1.00 e. The zero-order valence-corrected chi connectivity index (χ0v) is 26.3. The molecule has 0 aromatic heterocycles. The molecule has 0 aliphatic carbocycles. The van der Waals surface area contributed by atoms with Gasteiger partial charge in [0.25, 0.3) is 0 Å². The number of rotatable bonds is 6. The largest absolute Gasteiger partial charge is 1.00 e. The second kappa shape index (κ2) is 17.5. The van der Waals surface area contributed by atoms with Gasteiger partial charge in [-0.1, -0.05) is 23.2 Å². The van der Waals surface area contributed by atoms with E-state index in [2.05, 4.69) is 0 Å². The summed E-state index contributed by atoms with van der Waals surface area (Å²) < 4.78 is 38.0. The van der Waals surface area contributed by atoms with Crippen molar-refractivity contribution >= 4 is 46.5 Å². The first-order chi connectivity index (χ1) is 20.4. The second-order valence-electron chi connectivity index (χ2n) is 10.9. The van der Waals surface area contributed by atoms with Crippen molar-refractivity contribution in [1.29, 1.82) is 0 Å². The number of aliphatic hydroxyl groups is 1. The molecule has 0 saturated carbocycles. The van der Waals surface area contributed by atoms with Crippen LogP contribution in [0.4, 0.5) is 0 Å². The van der Waals surface area contributed by atoms with Crippen LogP contribution in [0.1, 0.15) is 61.9 Å². The van der Waals surface area contributed by atoms with Crippen molar-refractivity contribution in [2.75, 3.05) is 66.6 Å². The zero-order valence-electron chi connectivity index (χ0n) is 25.8. The number of methoxy groups -OCH3 is 1. The molecule has 13 heteroatoms. The molecule has 4 saturated heterocycles. The topological polar surface area (TPSA) is 102 Å². The minimum absolute atomic E-state index is 0. The van der Waals surface area contributed by atoms with Crippen LogP contribution in [0.3, 0.4) is 0 Å². The van der Waals surface area contributed by atoms with Crippen molar-refractivity contribution in [2.24, 2.45) is 0 Å². The average molecular weight is 663 g/mol. The molecular formula is C31H42AlCl2LiO9. The third-order valence-corrected chi connectivity index (χ3v) is 8.90. The minimum atomic E-state index is -0.717. The normalized spacial score (nSPS) is 21.4. The standard InChI is InChI=1S/C16H19ClO5.C15H19ClO4.Al.Li.4H/c1-19-15(18)16(2-4-20-5-3-16)12-8-11(9-13(17)10-12)14-21-6-7-22-14;16-13-8-11(14-19-5-6-20-14)7-12(9-13)15(10-17)1-3-18-4-2-15;;;;;;/h8-10,14H,2-7H2,1H3;7-9,14,17H,1-6,10H2;;;;;;/q;;;+1;;;;-1. The summed E-state index contributed by atoms with van der Waals surface area (Å²) in [5.41, 5.74) is 2.65. The summed E-state index contributed by atoms with van der Waals surface area (Å²) in [5, 5.41) is 11.1. The fourth-order valence-electron chi connectivity index (χ4n) is 6.01. The molecule has 2 aromatic carbocycles. The van der Waals surface area contributed by atoms with Crippen LogP contribution in [-0.2, 0) is 48.8 Å². The predicted molar refractivity (Wildman–Crippen MR) is 166 cm³/mol. The molecule has 0 amide bonds. The Hall–Kier alpha value is -0.660.